The van der Waals surface area contributed by atoms with Crippen LogP contribution in [0.15, 0.2) is 41.3 Å². The predicted octanol–water partition coefficient (Wildman–Crippen LogP) is 1.98. The Balaban J connectivity index is 1.54. The number of piperazine rings is 1. The number of hydrogen-bond donors (Lipinski definition) is 1. The van der Waals surface area contributed by atoms with E-state index < -0.39 is 15.1 Å². The van der Waals surface area contributed by atoms with Gasteiger partial charge in [-0.05, 0) is 50.6 Å². The van der Waals surface area contributed by atoms with Crippen molar-refractivity contribution in [1.29, 1.82) is 0 Å². The fraction of sp³-hybridized carbons (Fsp3) is 0.476. The van der Waals surface area contributed by atoms with Crippen molar-refractivity contribution in [3.8, 4) is 0 Å². The average Bonchev–Trinajstić information content (AvgIpc) is 2.75. The van der Waals surface area contributed by atoms with E-state index in [4.69, 9.17) is 0 Å². The smallest absolute Gasteiger partial charge is 0.227 e. The third-order valence-electron chi connectivity index (χ3n) is 5.19. The van der Waals surface area contributed by atoms with Crippen molar-refractivity contribution >= 4 is 27.4 Å². The molecule has 1 N–H and O–H groups in total. The molecule has 8 nitrogen and oxygen atoms in total. The summed E-state index contributed by atoms with van der Waals surface area (Å²) in [6.45, 7) is 8.77. The van der Waals surface area contributed by atoms with E-state index >= 15 is 0 Å². The summed E-state index contributed by atoms with van der Waals surface area (Å²) in [5.74, 6) is 1.61. The monoisotopic (exact) mass is 431 g/mol. The van der Waals surface area contributed by atoms with Crippen LogP contribution in [-0.4, -0.2) is 67.4 Å². The van der Waals surface area contributed by atoms with Crippen molar-refractivity contribution in [3.63, 3.8) is 0 Å². The number of sulfone groups is 1. The second kappa shape index (κ2) is 9.42. The van der Waals surface area contributed by atoms with E-state index in [-0.39, 0.29) is 12.3 Å². The lowest BCUT2D eigenvalue weighted by Gasteiger charge is -2.35. The summed E-state index contributed by atoms with van der Waals surface area (Å²) in [6, 6.07) is 10.5. The van der Waals surface area contributed by atoms with Crippen LogP contribution >= 0.6 is 0 Å². The molecule has 2 heterocycles. The van der Waals surface area contributed by atoms with Crippen molar-refractivity contribution in [1.82, 2.24) is 15.1 Å². The number of benzene rings is 1. The van der Waals surface area contributed by atoms with Crippen molar-refractivity contribution < 1.29 is 13.2 Å². The second-order valence-corrected chi connectivity index (χ2v) is 10.1. The first-order chi connectivity index (χ1) is 14.3. The largest absolute Gasteiger partial charge is 0.369 e. The first-order valence-electron chi connectivity index (χ1n) is 10.2. The molecule has 0 aliphatic carbocycles. The Hall–Kier alpha value is -2.68. The Bertz CT molecular complexity index is 951. The van der Waals surface area contributed by atoms with E-state index in [9.17, 15) is 13.2 Å². The number of nitrogens with one attached hydrogen (secondary N) is 1. The molecule has 0 spiro atoms. The van der Waals surface area contributed by atoms with Gasteiger partial charge in [-0.15, -0.1) is 10.2 Å². The zero-order valence-electron chi connectivity index (χ0n) is 17.7. The summed E-state index contributed by atoms with van der Waals surface area (Å²) in [7, 11) is -3.30. The van der Waals surface area contributed by atoms with Crippen LogP contribution < -0.4 is 10.2 Å². The summed E-state index contributed by atoms with van der Waals surface area (Å²) >= 11 is 0. The standard InChI is InChI=1S/C21H29N5O3S/c1-4-22-19-9-10-20(24-23-19)25-11-13-26(14-12-25)21(27)15-17-5-7-18(8-6-17)30(28,29)16(2)3/h5-10,16H,4,11-15H2,1-3H3,(H,22,23). The van der Waals surface area contributed by atoms with Gasteiger partial charge in [-0.1, -0.05) is 12.1 Å². The van der Waals surface area contributed by atoms with Gasteiger partial charge in [0.2, 0.25) is 5.91 Å². The Kier molecular flexibility index (Phi) is 6.91. The van der Waals surface area contributed by atoms with Crippen molar-refractivity contribution in [2.45, 2.75) is 37.3 Å². The topological polar surface area (TPSA) is 95.5 Å². The molecule has 2 aromatic rings. The molecule has 30 heavy (non-hydrogen) atoms. The van der Waals surface area contributed by atoms with E-state index in [0.29, 0.717) is 31.1 Å². The van der Waals surface area contributed by atoms with Crippen LogP contribution in [0.25, 0.3) is 0 Å². The second-order valence-electron chi connectivity index (χ2n) is 7.59. The molecule has 1 aromatic carbocycles. The predicted molar refractivity (Wildman–Crippen MR) is 117 cm³/mol. The fourth-order valence-corrected chi connectivity index (χ4v) is 4.37. The van der Waals surface area contributed by atoms with Gasteiger partial charge in [0, 0.05) is 32.7 Å². The number of nitrogens with zero attached hydrogens (tertiary/aromatic N) is 4. The maximum Gasteiger partial charge on any atom is 0.227 e. The van der Waals surface area contributed by atoms with Crippen molar-refractivity contribution in [2.75, 3.05) is 42.9 Å². The number of carbonyl (C=O) groups is 1. The minimum absolute atomic E-state index is 0.0442. The Morgan fingerprint density at radius 2 is 1.70 bits per heavy atom. The Morgan fingerprint density at radius 3 is 2.23 bits per heavy atom. The number of amides is 1. The van der Waals surface area contributed by atoms with Crippen LogP contribution in [-0.2, 0) is 21.1 Å². The quantitative estimate of drug-likeness (QED) is 0.716. The van der Waals surface area contributed by atoms with Gasteiger partial charge >= 0.3 is 0 Å². The first-order valence-corrected chi connectivity index (χ1v) is 11.8. The highest BCUT2D eigenvalue weighted by Crippen LogP contribution is 2.18. The molecular formula is C21H29N5O3S. The summed E-state index contributed by atoms with van der Waals surface area (Å²) in [5.41, 5.74) is 0.815. The highest BCUT2D eigenvalue weighted by molar-refractivity contribution is 7.92. The molecule has 1 fully saturated rings. The summed E-state index contributed by atoms with van der Waals surface area (Å²) < 4.78 is 24.4. The minimum atomic E-state index is -3.30. The highest BCUT2D eigenvalue weighted by atomic mass is 32.2. The van der Waals surface area contributed by atoms with E-state index in [1.54, 1.807) is 38.1 Å². The molecule has 1 aromatic heterocycles. The van der Waals surface area contributed by atoms with Gasteiger partial charge in [0.05, 0.1) is 16.6 Å². The van der Waals surface area contributed by atoms with Crippen LogP contribution in [0.1, 0.15) is 26.3 Å². The SMILES string of the molecule is CCNc1ccc(N2CCN(C(=O)Cc3ccc(S(=O)(=O)C(C)C)cc3)CC2)nn1. The lowest BCUT2D eigenvalue weighted by atomic mass is 10.1. The van der Waals surface area contributed by atoms with E-state index in [1.165, 1.54) is 0 Å². The number of rotatable bonds is 7. The maximum atomic E-state index is 12.7. The summed E-state index contributed by atoms with van der Waals surface area (Å²) in [5, 5.41) is 11.1. The summed E-state index contributed by atoms with van der Waals surface area (Å²) in [6.07, 6.45) is 0.263. The fourth-order valence-electron chi connectivity index (χ4n) is 3.31. The molecule has 0 bridgehead atoms. The van der Waals surface area contributed by atoms with Crippen LogP contribution in [0.2, 0.25) is 0 Å². The van der Waals surface area contributed by atoms with Gasteiger partial charge in [0.25, 0.3) is 0 Å². The minimum Gasteiger partial charge on any atom is -0.369 e. The molecular weight excluding hydrogens is 402 g/mol. The molecule has 1 amide bonds. The third-order valence-corrected chi connectivity index (χ3v) is 7.36. The van der Waals surface area contributed by atoms with Crippen LogP contribution in [0.4, 0.5) is 11.6 Å². The molecule has 0 unspecified atom stereocenters. The molecule has 1 saturated heterocycles. The van der Waals surface area contributed by atoms with E-state index in [2.05, 4.69) is 20.4 Å². The van der Waals surface area contributed by atoms with E-state index in [1.807, 2.05) is 24.0 Å². The molecule has 1 aliphatic rings. The van der Waals surface area contributed by atoms with Gasteiger partial charge < -0.3 is 15.1 Å². The molecule has 9 heteroatoms. The Morgan fingerprint density at radius 1 is 1.03 bits per heavy atom. The number of carbonyl (C=O) groups excluding carboxylic acids is 1. The average molecular weight is 432 g/mol. The van der Waals surface area contributed by atoms with Crippen molar-refractivity contribution in [2.24, 2.45) is 0 Å². The maximum absolute atomic E-state index is 12.7. The van der Waals surface area contributed by atoms with Gasteiger partial charge in [-0.2, -0.15) is 0 Å². The first kappa shape index (κ1) is 22.0. The van der Waals surface area contributed by atoms with Gasteiger partial charge in [0.15, 0.2) is 15.7 Å². The van der Waals surface area contributed by atoms with Crippen molar-refractivity contribution in [3.05, 3.63) is 42.0 Å². The molecule has 162 valence electrons. The number of aromatic nitrogens is 2. The molecule has 0 radical (unpaired) electrons. The lowest BCUT2D eigenvalue weighted by Crippen LogP contribution is -2.49. The molecule has 3 rings (SSSR count). The van der Waals surface area contributed by atoms with Gasteiger partial charge in [-0.25, -0.2) is 8.42 Å². The molecule has 1 aliphatic heterocycles. The number of hydrogen-bond acceptors (Lipinski definition) is 7. The summed E-state index contributed by atoms with van der Waals surface area (Å²) in [4.78, 5) is 16.9. The zero-order chi connectivity index (χ0) is 21.7. The normalized spacial score (nSPS) is 14.8. The zero-order valence-corrected chi connectivity index (χ0v) is 18.5. The van der Waals surface area contributed by atoms with E-state index in [0.717, 1.165) is 23.7 Å². The highest BCUT2D eigenvalue weighted by Gasteiger charge is 2.23. The van der Waals surface area contributed by atoms with Crippen LogP contribution in [0, 0.1) is 0 Å². The number of anilines is 2. The lowest BCUT2D eigenvalue weighted by molar-refractivity contribution is -0.130. The van der Waals surface area contributed by atoms with Crippen LogP contribution in [0.3, 0.4) is 0 Å². The third kappa shape index (κ3) is 5.08. The van der Waals surface area contributed by atoms with Crippen LogP contribution in [0.5, 0.6) is 0 Å². The molecule has 0 saturated carbocycles. The van der Waals surface area contributed by atoms with Gasteiger partial charge in [0.1, 0.15) is 5.82 Å². The van der Waals surface area contributed by atoms with Gasteiger partial charge in [-0.3, -0.25) is 4.79 Å². The Labute approximate surface area is 178 Å². The molecule has 0 atom stereocenters.